The van der Waals surface area contributed by atoms with Gasteiger partial charge in [-0.1, -0.05) is 0 Å². The number of nitrogens with zero attached hydrogens (tertiary/aromatic N) is 2. The zero-order valence-corrected chi connectivity index (χ0v) is 9.64. The van der Waals surface area contributed by atoms with Crippen molar-refractivity contribution in [3.8, 4) is 17.7 Å². The molecule has 4 nitrogen and oxygen atoms in total. The van der Waals surface area contributed by atoms with E-state index in [-0.39, 0.29) is 17.4 Å². The van der Waals surface area contributed by atoms with Gasteiger partial charge in [0.25, 0.3) is 0 Å². The average Bonchev–Trinajstić information content (AvgIpc) is 2.36. The third kappa shape index (κ3) is 2.38. The highest BCUT2D eigenvalue weighted by atomic mass is 19.1. The Morgan fingerprint density at radius 2 is 2.17 bits per heavy atom. The first-order chi connectivity index (χ1) is 8.60. The van der Waals surface area contributed by atoms with Crippen molar-refractivity contribution in [2.45, 2.75) is 6.92 Å². The van der Waals surface area contributed by atoms with Gasteiger partial charge < -0.3 is 10.5 Å². The van der Waals surface area contributed by atoms with Crippen molar-refractivity contribution in [2.75, 3.05) is 5.73 Å². The smallest absolute Gasteiger partial charge is 0.242 e. The number of benzene rings is 1. The van der Waals surface area contributed by atoms with Crippen LogP contribution >= 0.6 is 0 Å². The van der Waals surface area contributed by atoms with E-state index in [0.717, 1.165) is 0 Å². The molecule has 0 saturated carbocycles. The number of nitrogens with two attached hydrogens (primary N) is 1. The quantitative estimate of drug-likeness (QED) is 0.880. The fraction of sp³-hybridized carbons (Fsp3) is 0.0769. The Bertz CT molecular complexity index is 635. The van der Waals surface area contributed by atoms with Crippen molar-refractivity contribution in [3.63, 3.8) is 0 Å². The summed E-state index contributed by atoms with van der Waals surface area (Å²) in [5.41, 5.74) is 6.79. The number of pyridine rings is 1. The van der Waals surface area contributed by atoms with Crippen molar-refractivity contribution in [2.24, 2.45) is 0 Å². The standard InChI is InChI=1S/C13H10FN3O/c1-8-4-10(2-3-11(8)14)18-13-12(16)5-9(6-15)7-17-13/h2-5,7H,16H2,1H3. The molecule has 90 valence electrons. The number of aromatic nitrogens is 1. The van der Waals surface area contributed by atoms with Crippen molar-refractivity contribution in [3.05, 3.63) is 47.4 Å². The van der Waals surface area contributed by atoms with E-state index in [1.54, 1.807) is 13.0 Å². The Kier molecular flexibility index (Phi) is 3.11. The number of aryl methyl sites for hydroxylation is 1. The second-order valence-electron chi connectivity index (χ2n) is 3.74. The first kappa shape index (κ1) is 11.9. The first-order valence-electron chi connectivity index (χ1n) is 5.20. The molecule has 1 aromatic carbocycles. The molecule has 18 heavy (non-hydrogen) atoms. The molecule has 5 heteroatoms. The summed E-state index contributed by atoms with van der Waals surface area (Å²) in [4.78, 5) is 3.93. The van der Waals surface area contributed by atoms with Gasteiger partial charge in [0.2, 0.25) is 5.88 Å². The summed E-state index contributed by atoms with van der Waals surface area (Å²) in [6, 6.07) is 7.75. The fourth-order valence-corrected chi connectivity index (χ4v) is 1.41. The third-order valence-electron chi connectivity index (χ3n) is 2.35. The maximum Gasteiger partial charge on any atom is 0.242 e. The van der Waals surface area contributed by atoms with Gasteiger partial charge in [0.1, 0.15) is 17.6 Å². The number of ether oxygens (including phenoxy) is 1. The van der Waals surface area contributed by atoms with Crippen LogP contribution in [0.25, 0.3) is 0 Å². The van der Waals surface area contributed by atoms with Gasteiger partial charge in [-0.25, -0.2) is 9.37 Å². The number of hydrogen-bond donors (Lipinski definition) is 1. The van der Waals surface area contributed by atoms with Crippen LogP contribution < -0.4 is 10.5 Å². The summed E-state index contributed by atoms with van der Waals surface area (Å²) >= 11 is 0. The predicted octanol–water partition coefficient (Wildman–Crippen LogP) is 2.78. The van der Waals surface area contributed by atoms with Gasteiger partial charge in [-0.2, -0.15) is 5.26 Å². The van der Waals surface area contributed by atoms with Crippen molar-refractivity contribution in [1.82, 2.24) is 4.98 Å². The van der Waals surface area contributed by atoms with Gasteiger partial charge >= 0.3 is 0 Å². The molecule has 0 aliphatic rings. The van der Waals surface area contributed by atoms with Crippen LogP contribution in [0.2, 0.25) is 0 Å². The van der Waals surface area contributed by atoms with E-state index < -0.39 is 0 Å². The summed E-state index contributed by atoms with van der Waals surface area (Å²) in [5, 5.41) is 8.68. The fourth-order valence-electron chi connectivity index (χ4n) is 1.41. The number of halogens is 1. The average molecular weight is 243 g/mol. The van der Waals surface area contributed by atoms with Gasteiger partial charge in [0, 0.05) is 6.20 Å². The molecule has 2 rings (SSSR count). The van der Waals surface area contributed by atoms with Crippen molar-refractivity contribution < 1.29 is 9.13 Å². The first-order valence-corrected chi connectivity index (χ1v) is 5.20. The molecule has 2 N–H and O–H groups in total. The largest absolute Gasteiger partial charge is 0.437 e. The van der Waals surface area contributed by atoms with E-state index in [0.29, 0.717) is 16.9 Å². The van der Waals surface area contributed by atoms with Crippen LogP contribution in [0.1, 0.15) is 11.1 Å². The second kappa shape index (κ2) is 4.72. The van der Waals surface area contributed by atoms with E-state index in [4.69, 9.17) is 15.7 Å². The number of rotatable bonds is 2. The summed E-state index contributed by atoms with van der Waals surface area (Å²) in [6.07, 6.45) is 1.36. The Balaban J connectivity index is 2.29. The molecule has 0 aliphatic carbocycles. The maximum absolute atomic E-state index is 13.1. The highest BCUT2D eigenvalue weighted by Crippen LogP contribution is 2.26. The van der Waals surface area contributed by atoms with Gasteiger partial charge in [-0.3, -0.25) is 0 Å². The van der Waals surface area contributed by atoms with E-state index in [1.165, 1.54) is 24.4 Å². The minimum atomic E-state index is -0.303. The zero-order chi connectivity index (χ0) is 13.1. The highest BCUT2D eigenvalue weighted by molar-refractivity contribution is 5.53. The van der Waals surface area contributed by atoms with Gasteiger partial charge in [0.15, 0.2) is 0 Å². The second-order valence-corrected chi connectivity index (χ2v) is 3.74. The van der Waals surface area contributed by atoms with Gasteiger partial charge in [-0.05, 0) is 36.8 Å². The molecule has 0 saturated heterocycles. The van der Waals surface area contributed by atoms with Crippen LogP contribution in [0.15, 0.2) is 30.5 Å². The zero-order valence-electron chi connectivity index (χ0n) is 9.64. The molecule has 0 fully saturated rings. The molecule has 0 unspecified atom stereocenters. The molecule has 0 aliphatic heterocycles. The Hall–Kier alpha value is -2.61. The number of anilines is 1. The summed E-state index contributed by atoms with van der Waals surface area (Å²) in [5.74, 6) is 0.334. The summed E-state index contributed by atoms with van der Waals surface area (Å²) < 4.78 is 18.5. The molecule has 0 amide bonds. The van der Waals surface area contributed by atoms with Gasteiger partial charge in [-0.15, -0.1) is 0 Å². The van der Waals surface area contributed by atoms with Crippen LogP contribution in [0, 0.1) is 24.1 Å². The molecular weight excluding hydrogens is 233 g/mol. The van der Waals surface area contributed by atoms with E-state index in [9.17, 15) is 4.39 Å². The minimum absolute atomic E-state index is 0.194. The van der Waals surface area contributed by atoms with Crippen molar-refractivity contribution >= 4 is 5.69 Å². The molecule has 1 heterocycles. The predicted molar refractivity (Wildman–Crippen MR) is 64.6 cm³/mol. The normalized spacial score (nSPS) is 9.83. The SMILES string of the molecule is Cc1cc(Oc2ncc(C#N)cc2N)ccc1F. The summed E-state index contributed by atoms with van der Waals surface area (Å²) in [6.45, 7) is 1.64. The molecule has 0 atom stereocenters. The van der Waals surface area contributed by atoms with Gasteiger partial charge in [0.05, 0.1) is 11.3 Å². The molecule has 0 radical (unpaired) electrons. The Labute approximate surface area is 103 Å². The molecular formula is C13H10FN3O. The lowest BCUT2D eigenvalue weighted by Gasteiger charge is -2.08. The lowest BCUT2D eigenvalue weighted by molar-refractivity contribution is 0.463. The van der Waals surface area contributed by atoms with Crippen molar-refractivity contribution in [1.29, 1.82) is 5.26 Å². The highest BCUT2D eigenvalue weighted by Gasteiger charge is 2.06. The number of nitriles is 1. The minimum Gasteiger partial charge on any atom is -0.437 e. The van der Waals surface area contributed by atoms with Crippen LogP contribution in [0.4, 0.5) is 10.1 Å². The van der Waals surface area contributed by atoms with Crippen LogP contribution in [0.3, 0.4) is 0 Å². The number of nitrogen functional groups attached to an aromatic ring is 1. The number of hydrogen-bond acceptors (Lipinski definition) is 4. The third-order valence-corrected chi connectivity index (χ3v) is 2.35. The van der Waals surface area contributed by atoms with E-state index in [2.05, 4.69) is 4.98 Å². The Morgan fingerprint density at radius 1 is 1.39 bits per heavy atom. The van der Waals surface area contributed by atoms with Crippen LogP contribution in [0.5, 0.6) is 11.6 Å². The molecule has 0 bridgehead atoms. The lowest BCUT2D eigenvalue weighted by atomic mass is 10.2. The Morgan fingerprint density at radius 3 is 2.78 bits per heavy atom. The van der Waals surface area contributed by atoms with E-state index in [1.807, 2.05) is 6.07 Å². The molecule has 1 aromatic heterocycles. The van der Waals surface area contributed by atoms with Crippen LogP contribution in [-0.4, -0.2) is 4.98 Å². The van der Waals surface area contributed by atoms with E-state index >= 15 is 0 Å². The molecule has 0 spiro atoms. The maximum atomic E-state index is 13.1. The monoisotopic (exact) mass is 243 g/mol. The molecule has 2 aromatic rings. The summed E-state index contributed by atoms with van der Waals surface area (Å²) in [7, 11) is 0. The topological polar surface area (TPSA) is 71.9 Å². The van der Waals surface area contributed by atoms with Crippen LogP contribution in [-0.2, 0) is 0 Å². The lowest BCUT2D eigenvalue weighted by Crippen LogP contribution is -1.96.